The Morgan fingerprint density at radius 1 is 0.944 bits per heavy atom. The van der Waals surface area contributed by atoms with Gasteiger partial charge in [-0.2, -0.15) is 0 Å². The lowest BCUT2D eigenvalue weighted by atomic mass is 9.84. The zero-order valence-corrected chi connectivity index (χ0v) is 22.1. The summed E-state index contributed by atoms with van der Waals surface area (Å²) in [5.74, 6) is -0.210. The fourth-order valence-corrected chi connectivity index (χ4v) is 5.37. The number of aliphatic hydroxyl groups is 1. The molecule has 1 fully saturated rings. The van der Waals surface area contributed by atoms with Crippen molar-refractivity contribution in [3.63, 3.8) is 0 Å². The lowest BCUT2D eigenvalue weighted by Crippen LogP contribution is -2.43. The van der Waals surface area contributed by atoms with Gasteiger partial charge < -0.3 is 14.7 Å². The van der Waals surface area contributed by atoms with E-state index in [1.165, 1.54) is 0 Å². The molecule has 36 heavy (non-hydrogen) atoms. The highest BCUT2D eigenvalue weighted by Gasteiger charge is 2.34. The molecule has 1 heterocycles. The van der Waals surface area contributed by atoms with Crippen LogP contribution in [0.25, 0.3) is 0 Å². The Morgan fingerprint density at radius 3 is 2.19 bits per heavy atom. The zero-order chi connectivity index (χ0) is 25.5. The highest BCUT2D eigenvalue weighted by atomic mass is 35.5. The van der Waals surface area contributed by atoms with Crippen molar-refractivity contribution in [3.05, 3.63) is 106 Å². The molecule has 4 rings (SSSR count). The molecular weight excluding hydrogens is 493 g/mol. The summed E-state index contributed by atoms with van der Waals surface area (Å²) in [4.78, 5) is 16.0. The number of hydrogen-bond acceptors (Lipinski definition) is 4. The molecule has 0 aliphatic carbocycles. The monoisotopic (exact) mass is 525 g/mol. The Kier molecular flexibility index (Phi) is 9.21. The van der Waals surface area contributed by atoms with E-state index < -0.39 is 5.60 Å². The van der Waals surface area contributed by atoms with Crippen molar-refractivity contribution in [1.29, 1.82) is 0 Å². The van der Waals surface area contributed by atoms with Gasteiger partial charge in [0.1, 0.15) is 5.78 Å². The van der Waals surface area contributed by atoms with Gasteiger partial charge in [-0.3, -0.25) is 4.79 Å². The summed E-state index contributed by atoms with van der Waals surface area (Å²) in [6, 6.07) is 25.2. The molecule has 0 aromatic heterocycles. The summed E-state index contributed by atoms with van der Waals surface area (Å²) in [5, 5.41) is 12.1. The molecule has 2 unspecified atom stereocenters. The quantitative estimate of drug-likeness (QED) is 0.316. The second kappa shape index (κ2) is 12.4. The second-order valence-corrected chi connectivity index (χ2v) is 10.4. The maximum Gasteiger partial charge on any atom is 0.143 e. The van der Waals surface area contributed by atoms with Crippen molar-refractivity contribution in [3.8, 4) is 0 Å². The molecule has 1 N–H and O–H groups in total. The van der Waals surface area contributed by atoms with E-state index in [0.29, 0.717) is 29.3 Å². The van der Waals surface area contributed by atoms with Gasteiger partial charge in [0.05, 0.1) is 21.8 Å². The van der Waals surface area contributed by atoms with E-state index in [9.17, 15) is 9.90 Å². The molecule has 0 radical (unpaired) electrons. The minimum atomic E-state index is -0.794. The van der Waals surface area contributed by atoms with Gasteiger partial charge in [0.25, 0.3) is 0 Å². The highest BCUT2D eigenvalue weighted by molar-refractivity contribution is 6.42. The third kappa shape index (κ3) is 6.56. The third-order valence-corrected chi connectivity index (χ3v) is 8.04. The van der Waals surface area contributed by atoms with Crippen molar-refractivity contribution in [2.45, 2.75) is 43.3 Å². The third-order valence-electron chi connectivity index (χ3n) is 7.31. The van der Waals surface area contributed by atoms with Gasteiger partial charge in [0.15, 0.2) is 0 Å². The van der Waals surface area contributed by atoms with Crippen LogP contribution in [0.5, 0.6) is 0 Å². The fraction of sp³-hybridized carbons (Fsp3) is 0.367. The van der Waals surface area contributed by atoms with Crippen LogP contribution in [-0.2, 0) is 15.1 Å². The average molecular weight is 527 g/mol. The Morgan fingerprint density at radius 2 is 1.58 bits per heavy atom. The molecule has 190 valence electrons. The van der Waals surface area contributed by atoms with E-state index >= 15 is 0 Å². The van der Waals surface area contributed by atoms with Crippen molar-refractivity contribution >= 4 is 29.0 Å². The van der Waals surface area contributed by atoms with Gasteiger partial charge in [0.2, 0.25) is 0 Å². The molecule has 1 saturated heterocycles. The van der Waals surface area contributed by atoms with E-state index in [2.05, 4.69) is 4.90 Å². The minimum absolute atomic E-state index is 0.113. The number of nitrogens with zero attached hydrogens (tertiary/aromatic N) is 1. The Balaban J connectivity index is 1.45. The lowest BCUT2D eigenvalue weighted by molar-refractivity contribution is -0.123. The SMILES string of the molecule is COC(CC(=O)C(CCN1CCC(O)(c2ccccc2)CC1)c1ccc(Cl)c(Cl)c1)c1ccccc1. The molecule has 0 saturated carbocycles. The molecule has 2 atom stereocenters. The molecule has 1 aliphatic rings. The molecule has 1 aliphatic heterocycles. The number of halogens is 2. The van der Waals surface area contributed by atoms with Gasteiger partial charge in [-0.15, -0.1) is 0 Å². The molecule has 0 amide bonds. The molecule has 3 aromatic rings. The number of piperidine rings is 1. The number of methoxy groups -OCH3 is 1. The smallest absolute Gasteiger partial charge is 0.143 e. The number of likely N-dealkylation sites (tertiary alicyclic amines) is 1. The standard InChI is InChI=1S/C30H33Cl2NO3/c1-36-29(22-8-4-2-5-9-22)21-28(34)25(23-12-13-26(31)27(32)20-23)14-17-33-18-15-30(35,16-19-33)24-10-6-3-7-11-24/h2-13,20,25,29,35H,14-19,21H2,1H3. The fourth-order valence-electron chi connectivity index (χ4n) is 5.07. The predicted octanol–water partition coefficient (Wildman–Crippen LogP) is 6.80. The van der Waals surface area contributed by atoms with Crippen LogP contribution in [0.4, 0.5) is 0 Å². The molecule has 6 heteroatoms. The van der Waals surface area contributed by atoms with Crippen LogP contribution in [-0.4, -0.2) is 42.5 Å². The number of carbonyl (C=O) groups is 1. The normalized spacial score (nSPS) is 17.4. The van der Waals surface area contributed by atoms with Gasteiger partial charge >= 0.3 is 0 Å². The molecule has 0 bridgehead atoms. The highest BCUT2D eigenvalue weighted by Crippen LogP contribution is 2.35. The van der Waals surface area contributed by atoms with Gasteiger partial charge in [-0.25, -0.2) is 0 Å². The van der Waals surface area contributed by atoms with Crippen molar-refractivity contribution in [1.82, 2.24) is 4.90 Å². The first-order chi connectivity index (χ1) is 17.4. The lowest BCUT2D eigenvalue weighted by Gasteiger charge is -2.39. The van der Waals surface area contributed by atoms with E-state index in [4.69, 9.17) is 27.9 Å². The molecule has 0 spiro atoms. The van der Waals surface area contributed by atoms with Crippen molar-refractivity contribution in [2.24, 2.45) is 0 Å². The van der Waals surface area contributed by atoms with Crippen LogP contribution < -0.4 is 0 Å². The van der Waals surface area contributed by atoms with Gasteiger partial charge in [0, 0.05) is 32.5 Å². The number of carbonyl (C=O) groups excluding carboxylic acids is 1. The van der Waals surface area contributed by atoms with Crippen LogP contribution in [0.2, 0.25) is 10.0 Å². The Hall–Kier alpha value is -2.21. The number of rotatable bonds is 10. The minimum Gasteiger partial charge on any atom is -0.385 e. The molecule has 4 nitrogen and oxygen atoms in total. The van der Waals surface area contributed by atoms with E-state index in [0.717, 1.165) is 36.3 Å². The number of ketones is 1. The van der Waals surface area contributed by atoms with Crippen LogP contribution in [0, 0.1) is 0 Å². The predicted molar refractivity (Wildman–Crippen MR) is 146 cm³/mol. The maximum absolute atomic E-state index is 13.6. The summed E-state index contributed by atoms with van der Waals surface area (Å²) in [7, 11) is 1.64. The van der Waals surface area contributed by atoms with Crippen molar-refractivity contribution in [2.75, 3.05) is 26.7 Å². The summed E-state index contributed by atoms with van der Waals surface area (Å²) in [5.41, 5.74) is 2.03. The summed E-state index contributed by atoms with van der Waals surface area (Å²) < 4.78 is 5.69. The number of Topliss-reactive ketones (excluding diaryl/α,β-unsaturated/α-hetero) is 1. The van der Waals surface area contributed by atoms with Crippen LogP contribution in [0.15, 0.2) is 78.9 Å². The number of hydrogen-bond donors (Lipinski definition) is 1. The molecular formula is C30H33Cl2NO3. The first-order valence-electron chi connectivity index (χ1n) is 12.5. The van der Waals surface area contributed by atoms with Crippen LogP contribution in [0.3, 0.4) is 0 Å². The maximum atomic E-state index is 13.6. The van der Waals surface area contributed by atoms with E-state index in [1.807, 2.05) is 66.7 Å². The Labute approximate surface area is 223 Å². The first-order valence-corrected chi connectivity index (χ1v) is 13.2. The summed E-state index contributed by atoms with van der Waals surface area (Å²) in [6.45, 7) is 2.31. The summed E-state index contributed by atoms with van der Waals surface area (Å²) in [6.07, 6.45) is 1.97. The van der Waals surface area contributed by atoms with Crippen molar-refractivity contribution < 1.29 is 14.6 Å². The van der Waals surface area contributed by atoms with Gasteiger partial charge in [-0.1, -0.05) is 89.9 Å². The van der Waals surface area contributed by atoms with Crippen LogP contribution >= 0.6 is 23.2 Å². The second-order valence-electron chi connectivity index (χ2n) is 9.56. The largest absolute Gasteiger partial charge is 0.385 e. The molecule has 3 aromatic carbocycles. The number of ether oxygens (including phenoxy) is 1. The van der Waals surface area contributed by atoms with E-state index in [1.54, 1.807) is 19.2 Å². The van der Waals surface area contributed by atoms with Crippen LogP contribution in [0.1, 0.15) is 54.4 Å². The Bertz CT molecular complexity index is 1130. The average Bonchev–Trinajstić information content (AvgIpc) is 2.91. The van der Waals surface area contributed by atoms with E-state index in [-0.39, 0.29) is 24.2 Å². The zero-order valence-electron chi connectivity index (χ0n) is 20.6. The topological polar surface area (TPSA) is 49.8 Å². The number of benzene rings is 3. The first kappa shape index (κ1) is 26.8. The summed E-state index contributed by atoms with van der Waals surface area (Å²) >= 11 is 12.5. The van der Waals surface area contributed by atoms with Gasteiger partial charge in [-0.05, 0) is 54.6 Å².